The number of hydrogen-bond acceptors (Lipinski definition) is 5. The number of nitrogens with two attached hydrogens (primary N) is 2. The summed E-state index contributed by atoms with van der Waals surface area (Å²) >= 11 is 0. The number of aliphatic hydroxyl groups excluding tert-OH is 1. The third kappa shape index (κ3) is 2.25. The van der Waals surface area contributed by atoms with Crippen LogP contribution in [0.2, 0.25) is 0 Å². The van der Waals surface area contributed by atoms with E-state index in [2.05, 4.69) is 0 Å². The number of β-amino-alcohol motifs (C(OH)–C–C–N with tert-alkyl or cyclic N) is 1. The largest absolute Gasteiger partial charge is 0.479 e. The van der Waals surface area contributed by atoms with Crippen LogP contribution in [0.4, 0.5) is 11.4 Å². The molecule has 2 rings (SSSR count). The molecule has 6 heteroatoms. The lowest BCUT2D eigenvalue weighted by molar-refractivity contribution is -0.125. The number of ether oxygens (including phenoxy) is 1. The number of rotatable bonds is 3. The molecule has 2 atom stereocenters. The van der Waals surface area contributed by atoms with Crippen molar-refractivity contribution in [3.8, 4) is 5.75 Å². The summed E-state index contributed by atoms with van der Waals surface area (Å²) in [5, 5.41) is 9.62. The first-order chi connectivity index (χ1) is 8.52. The number of aliphatic hydroxyl groups is 1. The summed E-state index contributed by atoms with van der Waals surface area (Å²) in [5.41, 5.74) is 12.2. The summed E-state index contributed by atoms with van der Waals surface area (Å²) in [7, 11) is 0. The van der Waals surface area contributed by atoms with E-state index in [-0.39, 0.29) is 19.0 Å². The molecule has 1 amide bonds. The van der Waals surface area contributed by atoms with Crippen molar-refractivity contribution in [2.45, 2.75) is 19.1 Å². The van der Waals surface area contributed by atoms with Gasteiger partial charge in [0.25, 0.3) is 5.91 Å². The molecule has 0 spiro atoms. The molecule has 0 aromatic heterocycles. The van der Waals surface area contributed by atoms with E-state index in [4.69, 9.17) is 16.2 Å². The van der Waals surface area contributed by atoms with E-state index in [1.165, 1.54) is 4.90 Å². The van der Waals surface area contributed by atoms with Gasteiger partial charge < -0.3 is 26.2 Å². The molecular weight excluding hydrogens is 234 g/mol. The Bertz CT molecular complexity index is 464. The van der Waals surface area contributed by atoms with E-state index < -0.39 is 12.2 Å². The van der Waals surface area contributed by atoms with E-state index >= 15 is 0 Å². The average molecular weight is 251 g/mol. The standard InChI is InChI=1S/C12H17N3O3/c1-7-12(17)15(6-9(16)5-13)10-4-8(14)2-3-11(10)18-7/h2-4,7,9,16H,5-6,13-14H2,1H3. The van der Waals surface area contributed by atoms with Crippen molar-refractivity contribution in [3.63, 3.8) is 0 Å². The Kier molecular flexibility index (Phi) is 3.40. The molecular formula is C12H17N3O3. The van der Waals surface area contributed by atoms with Crippen molar-refractivity contribution in [1.29, 1.82) is 0 Å². The molecule has 1 aromatic rings. The molecule has 0 radical (unpaired) electrons. The molecule has 6 nitrogen and oxygen atoms in total. The zero-order valence-electron chi connectivity index (χ0n) is 10.2. The second-order valence-corrected chi connectivity index (χ2v) is 4.33. The minimum Gasteiger partial charge on any atom is -0.479 e. The van der Waals surface area contributed by atoms with Crippen molar-refractivity contribution >= 4 is 17.3 Å². The van der Waals surface area contributed by atoms with Crippen LogP contribution in [-0.2, 0) is 4.79 Å². The van der Waals surface area contributed by atoms with Crippen molar-refractivity contribution in [2.75, 3.05) is 23.7 Å². The number of hydrogen-bond donors (Lipinski definition) is 3. The maximum atomic E-state index is 12.1. The Hall–Kier alpha value is -1.79. The highest BCUT2D eigenvalue weighted by Gasteiger charge is 2.32. The van der Waals surface area contributed by atoms with E-state index in [1.54, 1.807) is 25.1 Å². The normalized spacial score (nSPS) is 20.3. The van der Waals surface area contributed by atoms with Crippen LogP contribution in [0.25, 0.3) is 0 Å². The molecule has 1 aromatic carbocycles. The van der Waals surface area contributed by atoms with Gasteiger partial charge in [0.05, 0.1) is 18.3 Å². The van der Waals surface area contributed by atoms with Crippen LogP contribution in [0.15, 0.2) is 18.2 Å². The highest BCUT2D eigenvalue weighted by Crippen LogP contribution is 2.35. The lowest BCUT2D eigenvalue weighted by Crippen LogP contribution is -2.48. The second-order valence-electron chi connectivity index (χ2n) is 4.33. The summed E-state index contributed by atoms with van der Waals surface area (Å²) < 4.78 is 5.48. The minimum absolute atomic E-state index is 0.0939. The first kappa shape index (κ1) is 12.7. The Morgan fingerprint density at radius 2 is 2.28 bits per heavy atom. The van der Waals surface area contributed by atoms with Gasteiger partial charge in [0.1, 0.15) is 5.75 Å². The zero-order chi connectivity index (χ0) is 13.3. The number of anilines is 2. The third-order valence-electron chi connectivity index (χ3n) is 2.86. The third-order valence-corrected chi connectivity index (χ3v) is 2.86. The van der Waals surface area contributed by atoms with Gasteiger partial charge in [-0.05, 0) is 25.1 Å². The molecule has 1 heterocycles. The quantitative estimate of drug-likeness (QED) is 0.640. The molecule has 0 saturated heterocycles. The molecule has 0 saturated carbocycles. The van der Waals surface area contributed by atoms with Crippen molar-refractivity contribution in [3.05, 3.63) is 18.2 Å². The number of nitrogens with zero attached hydrogens (tertiary/aromatic N) is 1. The molecule has 1 aliphatic heterocycles. The lowest BCUT2D eigenvalue weighted by atomic mass is 10.1. The molecule has 98 valence electrons. The van der Waals surface area contributed by atoms with Crippen molar-refractivity contribution < 1.29 is 14.6 Å². The first-order valence-corrected chi connectivity index (χ1v) is 5.78. The van der Waals surface area contributed by atoms with Gasteiger partial charge in [-0.15, -0.1) is 0 Å². The van der Waals surface area contributed by atoms with Crippen LogP contribution in [0.5, 0.6) is 5.75 Å². The number of amides is 1. The number of carbonyl (C=O) groups is 1. The molecule has 0 aliphatic carbocycles. The highest BCUT2D eigenvalue weighted by molar-refractivity contribution is 6.00. The zero-order valence-corrected chi connectivity index (χ0v) is 10.2. The van der Waals surface area contributed by atoms with Gasteiger partial charge in [0.15, 0.2) is 6.10 Å². The maximum absolute atomic E-state index is 12.1. The van der Waals surface area contributed by atoms with Crippen LogP contribution in [-0.4, -0.2) is 36.3 Å². The number of carbonyl (C=O) groups excluding carboxylic acids is 1. The van der Waals surface area contributed by atoms with Gasteiger partial charge in [-0.1, -0.05) is 0 Å². The minimum atomic E-state index is -0.770. The number of benzene rings is 1. The fraction of sp³-hybridized carbons (Fsp3) is 0.417. The monoisotopic (exact) mass is 251 g/mol. The predicted molar refractivity (Wildman–Crippen MR) is 68.4 cm³/mol. The van der Waals surface area contributed by atoms with Gasteiger partial charge in [0, 0.05) is 12.2 Å². The van der Waals surface area contributed by atoms with Gasteiger partial charge in [-0.2, -0.15) is 0 Å². The molecule has 2 unspecified atom stereocenters. The van der Waals surface area contributed by atoms with Gasteiger partial charge >= 0.3 is 0 Å². The maximum Gasteiger partial charge on any atom is 0.267 e. The topological polar surface area (TPSA) is 102 Å². The molecule has 5 N–H and O–H groups in total. The Labute approximate surface area is 105 Å². The van der Waals surface area contributed by atoms with Gasteiger partial charge in [-0.25, -0.2) is 0 Å². The average Bonchev–Trinajstić information content (AvgIpc) is 2.35. The fourth-order valence-corrected chi connectivity index (χ4v) is 1.90. The summed E-state index contributed by atoms with van der Waals surface area (Å²) in [6.07, 6.45) is -1.35. The Morgan fingerprint density at radius 3 is 2.94 bits per heavy atom. The molecule has 1 aliphatic rings. The van der Waals surface area contributed by atoms with Gasteiger partial charge in [-0.3, -0.25) is 4.79 Å². The first-order valence-electron chi connectivity index (χ1n) is 5.78. The smallest absolute Gasteiger partial charge is 0.267 e. The number of nitrogen functional groups attached to an aromatic ring is 1. The summed E-state index contributed by atoms with van der Waals surface area (Å²) in [6, 6.07) is 5.08. The van der Waals surface area contributed by atoms with Crippen LogP contribution in [0.1, 0.15) is 6.92 Å². The lowest BCUT2D eigenvalue weighted by Gasteiger charge is -2.34. The summed E-state index contributed by atoms with van der Waals surface area (Å²) in [5.74, 6) is 0.376. The van der Waals surface area contributed by atoms with Crippen molar-refractivity contribution in [2.24, 2.45) is 5.73 Å². The highest BCUT2D eigenvalue weighted by atomic mass is 16.5. The van der Waals surface area contributed by atoms with Crippen LogP contribution in [0.3, 0.4) is 0 Å². The number of fused-ring (bicyclic) bond motifs is 1. The summed E-state index contributed by atoms with van der Waals surface area (Å²) in [6.45, 7) is 1.90. The van der Waals surface area contributed by atoms with Crippen LogP contribution in [0, 0.1) is 0 Å². The molecule has 0 bridgehead atoms. The van der Waals surface area contributed by atoms with E-state index in [1.807, 2.05) is 0 Å². The van der Waals surface area contributed by atoms with Gasteiger partial charge in [0.2, 0.25) is 0 Å². The molecule has 0 fully saturated rings. The predicted octanol–water partition coefficient (Wildman–Crippen LogP) is -0.298. The Morgan fingerprint density at radius 1 is 1.56 bits per heavy atom. The fourth-order valence-electron chi connectivity index (χ4n) is 1.90. The van der Waals surface area contributed by atoms with Crippen molar-refractivity contribution in [1.82, 2.24) is 0 Å². The summed E-state index contributed by atoms with van der Waals surface area (Å²) in [4.78, 5) is 13.5. The SMILES string of the molecule is CC1Oc2ccc(N)cc2N(CC(O)CN)C1=O. The van der Waals surface area contributed by atoms with E-state index in [0.29, 0.717) is 17.1 Å². The van der Waals surface area contributed by atoms with Crippen LogP contribution >= 0.6 is 0 Å². The Balaban J connectivity index is 2.37. The van der Waals surface area contributed by atoms with E-state index in [0.717, 1.165) is 0 Å². The van der Waals surface area contributed by atoms with E-state index in [9.17, 15) is 9.90 Å². The second kappa shape index (κ2) is 4.83. The van der Waals surface area contributed by atoms with Crippen LogP contribution < -0.4 is 21.1 Å². The molecule has 18 heavy (non-hydrogen) atoms.